The number of fused-ring (bicyclic) bond motifs is 2. The van der Waals surface area contributed by atoms with Gasteiger partial charge in [-0.05, 0) is 44.1 Å². The van der Waals surface area contributed by atoms with E-state index < -0.39 is 0 Å². The molecule has 0 spiro atoms. The van der Waals surface area contributed by atoms with E-state index >= 15 is 0 Å². The molecule has 1 aromatic rings. The molecule has 3 aliphatic heterocycles. The number of urea groups is 1. The summed E-state index contributed by atoms with van der Waals surface area (Å²) < 4.78 is 5.38. The molecular formula is C19H26N2O2. The van der Waals surface area contributed by atoms with Gasteiger partial charge in [-0.2, -0.15) is 0 Å². The van der Waals surface area contributed by atoms with Crippen LogP contribution in [0.1, 0.15) is 42.7 Å². The molecule has 4 heteroatoms. The van der Waals surface area contributed by atoms with Gasteiger partial charge in [0.25, 0.3) is 0 Å². The van der Waals surface area contributed by atoms with Crippen LogP contribution < -0.4 is 0 Å². The molecule has 0 radical (unpaired) electrons. The van der Waals surface area contributed by atoms with E-state index in [0.29, 0.717) is 31.2 Å². The molecule has 2 bridgehead atoms. The number of benzene rings is 1. The van der Waals surface area contributed by atoms with Crippen molar-refractivity contribution in [3.63, 3.8) is 0 Å². The zero-order valence-corrected chi connectivity index (χ0v) is 13.9. The van der Waals surface area contributed by atoms with Crippen molar-refractivity contribution in [1.29, 1.82) is 0 Å². The summed E-state index contributed by atoms with van der Waals surface area (Å²) in [4.78, 5) is 17.1. The number of hydrogen-bond acceptors (Lipinski definition) is 2. The number of aryl methyl sites for hydroxylation is 1. The van der Waals surface area contributed by atoms with E-state index in [1.807, 2.05) is 4.90 Å². The lowest BCUT2D eigenvalue weighted by Gasteiger charge is -2.42. The third-order valence-corrected chi connectivity index (χ3v) is 5.78. The topological polar surface area (TPSA) is 32.8 Å². The molecule has 3 heterocycles. The van der Waals surface area contributed by atoms with E-state index in [2.05, 4.69) is 36.1 Å². The second kappa shape index (κ2) is 6.16. The zero-order chi connectivity index (χ0) is 15.8. The molecule has 4 nitrogen and oxygen atoms in total. The molecule has 0 saturated carbocycles. The molecule has 1 aromatic carbocycles. The van der Waals surface area contributed by atoms with Gasteiger partial charge in [0.1, 0.15) is 0 Å². The van der Waals surface area contributed by atoms with Gasteiger partial charge < -0.3 is 14.5 Å². The summed E-state index contributed by atoms with van der Waals surface area (Å²) in [6, 6.07) is 10.1. The highest BCUT2D eigenvalue weighted by Crippen LogP contribution is 2.43. The molecular weight excluding hydrogens is 288 g/mol. The van der Waals surface area contributed by atoms with Crippen molar-refractivity contribution in [1.82, 2.24) is 9.80 Å². The predicted molar refractivity (Wildman–Crippen MR) is 89.6 cm³/mol. The van der Waals surface area contributed by atoms with Crippen molar-refractivity contribution in [2.75, 3.05) is 26.3 Å². The third kappa shape index (κ3) is 2.85. The van der Waals surface area contributed by atoms with Gasteiger partial charge in [-0.25, -0.2) is 4.79 Å². The fourth-order valence-electron chi connectivity index (χ4n) is 4.52. The van der Waals surface area contributed by atoms with Crippen molar-refractivity contribution >= 4 is 6.03 Å². The highest BCUT2D eigenvalue weighted by atomic mass is 16.5. The quantitative estimate of drug-likeness (QED) is 0.797. The largest absolute Gasteiger partial charge is 0.378 e. The Hall–Kier alpha value is -1.55. The fraction of sp³-hybridized carbons (Fsp3) is 0.632. The molecule has 3 aliphatic rings. The van der Waals surface area contributed by atoms with Gasteiger partial charge in [-0.3, -0.25) is 0 Å². The van der Waals surface area contributed by atoms with Gasteiger partial charge in [0.2, 0.25) is 0 Å². The minimum absolute atomic E-state index is 0.253. The van der Waals surface area contributed by atoms with E-state index in [9.17, 15) is 4.79 Å². The smallest absolute Gasteiger partial charge is 0.320 e. The molecule has 3 fully saturated rings. The van der Waals surface area contributed by atoms with Crippen LogP contribution in [0.15, 0.2) is 24.3 Å². The second-order valence-electron chi connectivity index (χ2n) is 7.25. The van der Waals surface area contributed by atoms with Crippen LogP contribution >= 0.6 is 0 Å². The molecule has 23 heavy (non-hydrogen) atoms. The predicted octanol–water partition coefficient (Wildman–Crippen LogP) is 3.16. The summed E-state index contributed by atoms with van der Waals surface area (Å²) in [7, 11) is 0. The monoisotopic (exact) mass is 314 g/mol. The Bertz CT molecular complexity index is 551. The normalized spacial score (nSPS) is 30.6. The second-order valence-corrected chi connectivity index (χ2v) is 7.25. The number of hydrogen-bond donors (Lipinski definition) is 0. The Morgan fingerprint density at radius 3 is 2.26 bits per heavy atom. The van der Waals surface area contributed by atoms with Crippen LogP contribution in [0.2, 0.25) is 0 Å². The Labute approximate surface area is 138 Å². The Kier molecular flexibility index (Phi) is 4.02. The van der Waals surface area contributed by atoms with Gasteiger partial charge in [0, 0.05) is 25.2 Å². The minimum Gasteiger partial charge on any atom is -0.378 e. The van der Waals surface area contributed by atoms with Crippen molar-refractivity contribution < 1.29 is 9.53 Å². The van der Waals surface area contributed by atoms with E-state index in [1.165, 1.54) is 24.0 Å². The Morgan fingerprint density at radius 1 is 1.04 bits per heavy atom. The number of morpholine rings is 1. The number of nitrogens with zero attached hydrogens (tertiary/aromatic N) is 2. The summed E-state index contributed by atoms with van der Waals surface area (Å²) in [6.45, 7) is 4.99. The first-order valence-electron chi connectivity index (χ1n) is 8.94. The van der Waals surface area contributed by atoms with Crippen LogP contribution in [0.25, 0.3) is 0 Å². The zero-order valence-electron chi connectivity index (χ0n) is 13.9. The maximum absolute atomic E-state index is 12.9. The maximum Gasteiger partial charge on any atom is 0.320 e. The average Bonchev–Trinajstić information content (AvgIpc) is 2.85. The molecule has 4 rings (SSSR count). The molecule has 124 valence electrons. The van der Waals surface area contributed by atoms with E-state index in [0.717, 1.165) is 25.9 Å². The number of amides is 2. The highest BCUT2D eigenvalue weighted by Gasteiger charge is 2.44. The molecule has 0 unspecified atom stereocenters. The lowest BCUT2D eigenvalue weighted by Crippen LogP contribution is -2.54. The standard InChI is InChI=1S/C19H26N2O2/c1-14-2-4-15(5-3-14)16-12-17-6-7-18(13-16)21(17)19(22)20-8-10-23-11-9-20/h2-5,16-18H,6-13H2,1H3/t16-,17+,18-. The van der Waals surface area contributed by atoms with Gasteiger partial charge in [0.15, 0.2) is 0 Å². The summed E-state index contributed by atoms with van der Waals surface area (Å²) in [6.07, 6.45) is 4.58. The number of rotatable bonds is 1. The van der Waals surface area contributed by atoms with Gasteiger partial charge in [-0.1, -0.05) is 29.8 Å². The number of ether oxygens (including phenoxy) is 1. The first-order valence-corrected chi connectivity index (χ1v) is 8.94. The number of piperidine rings is 1. The maximum atomic E-state index is 12.9. The van der Waals surface area contributed by atoms with Gasteiger partial charge >= 0.3 is 6.03 Å². The number of carbonyl (C=O) groups excluding carboxylic acids is 1. The van der Waals surface area contributed by atoms with Crippen LogP contribution in [0.4, 0.5) is 4.79 Å². The van der Waals surface area contributed by atoms with Crippen LogP contribution in [0, 0.1) is 6.92 Å². The third-order valence-electron chi connectivity index (χ3n) is 5.78. The minimum atomic E-state index is 0.253. The summed E-state index contributed by atoms with van der Waals surface area (Å²) in [5, 5.41) is 0. The molecule has 2 amide bonds. The lowest BCUT2D eigenvalue weighted by molar-refractivity contribution is 0.0331. The average molecular weight is 314 g/mol. The molecule has 0 aromatic heterocycles. The van der Waals surface area contributed by atoms with Crippen molar-refractivity contribution in [3.05, 3.63) is 35.4 Å². The Morgan fingerprint density at radius 2 is 1.65 bits per heavy atom. The van der Waals surface area contributed by atoms with Crippen LogP contribution in [0.3, 0.4) is 0 Å². The van der Waals surface area contributed by atoms with E-state index in [4.69, 9.17) is 4.74 Å². The summed E-state index contributed by atoms with van der Waals surface area (Å²) in [5.41, 5.74) is 2.77. The van der Waals surface area contributed by atoms with Crippen LogP contribution in [0.5, 0.6) is 0 Å². The first kappa shape index (κ1) is 15.0. The summed E-state index contributed by atoms with van der Waals surface area (Å²) in [5.74, 6) is 0.613. The van der Waals surface area contributed by atoms with E-state index in [1.54, 1.807) is 0 Å². The molecule has 0 aliphatic carbocycles. The first-order chi connectivity index (χ1) is 11.2. The lowest BCUT2D eigenvalue weighted by atomic mass is 9.85. The van der Waals surface area contributed by atoms with Gasteiger partial charge in [0.05, 0.1) is 13.2 Å². The molecule has 3 saturated heterocycles. The van der Waals surface area contributed by atoms with Crippen LogP contribution in [-0.2, 0) is 4.74 Å². The summed E-state index contributed by atoms with van der Waals surface area (Å²) >= 11 is 0. The van der Waals surface area contributed by atoms with E-state index in [-0.39, 0.29) is 6.03 Å². The van der Waals surface area contributed by atoms with Crippen molar-refractivity contribution in [3.8, 4) is 0 Å². The van der Waals surface area contributed by atoms with Crippen LogP contribution in [-0.4, -0.2) is 54.2 Å². The highest BCUT2D eigenvalue weighted by molar-refractivity contribution is 5.76. The van der Waals surface area contributed by atoms with Crippen molar-refractivity contribution in [2.24, 2.45) is 0 Å². The SMILES string of the molecule is Cc1ccc([C@H]2C[C@H]3CC[C@@H](C2)N3C(=O)N2CCOCC2)cc1. The Balaban J connectivity index is 1.47. The fourth-order valence-corrected chi connectivity index (χ4v) is 4.52. The van der Waals surface area contributed by atoms with Gasteiger partial charge in [-0.15, -0.1) is 0 Å². The molecule has 0 N–H and O–H groups in total. The molecule has 3 atom stereocenters. The van der Waals surface area contributed by atoms with Crippen molar-refractivity contribution in [2.45, 2.75) is 50.6 Å². The number of carbonyl (C=O) groups is 1.